The minimum absolute atomic E-state index is 0.0517. The van der Waals surface area contributed by atoms with E-state index >= 15 is 0 Å². The number of anilines is 1. The summed E-state index contributed by atoms with van der Waals surface area (Å²) in [5.41, 5.74) is 0.943. The number of thioether (sulfide) groups is 1. The van der Waals surface area contributed by atoms with Gasteiger partial charge in [-0.2, -0.15) is 0 Å². The average Bonchev–Trinajstić information content (AvgIpc) is 2.94. The summed E-state index contributed by atoms with van der Waals surface area (Å²) in [6.07, 6.45) is 2.73. The van der Waals surface area contributed by atoms with Gasteiger partial charge in [0.15, 0.2) is 10.9 Å². The van der Waals surface area contributed by atoms with Crippen LogP contribution in [0.3, 0.4) is 0 Å². The fourth-order valence-corrected chi connectivity index (χ4v) is 3.63. The summed E-state index contributed by atoms with van der Waals surface area (Å²) >= 11 is 1.35. The molecule has 2 rings (SSSR count). The van der Waals surface area contributed by atoms with Gasteiger partial charge in [-0.05, 0) is 45.0 Å². The Balaban J connectivity index is 2.09. The van der Waals surface area contributed by atoms with Crippen molar-refractivity contribution in [2.24, 2.45) is 0 Å². The summed E-state index contributed by atoms with van der Waals surface area (Å²) in [6, 6.07) is 6.58. The second-order valence-electron chi connectivity index (χ2n) is 5.69. The lowest BCUT2D eigenvalue weighted by atomic mass is 10.1. The molecule has 1 unspecified atom stereocenters. The Hall–Kier alpha value is -1.87. The number of aromatic nitrogens is 3. The van der Waals surface area contributed by atoms with Gasteiger partial charge in [0.2, 0.25) is 10.0 Å². The molecule has 0 radical (unpaired) electrons. The van der Waals surface area contributed by atoms with Gasteiger partial charge in [-0.1, -0.05) is 11.8 Å². The van der Waals surface area contributed by atoms with Gasteiger partial charge in [-0.3, -0.25) is 9.52 Å². The fourth-order valence-electron chi connectivity index (χ4n) is 2.03. The van der Waals surface area contributed by atoms with Gasteiger partial charge in [-0.15, -0.1) is 10.2 Å². The van der Waals surface area contributed by atoms with Crippen LogP contribution in [0.4, 0.5) is 5.69 Å². The third-order valence-electron chi connectivity index (χ3n) is 3.22. The van der Waals surface area contributed by atoms with E-state index in [-0.39, 0.29) is 17.1 Å². The molecule has 1 aromatic heterocycles. The number of Topliss-reactive ketones (excluding diaryl/α,β-unsaturated/α-hetero) is 1. The molecular weight excluding hydrogens is 348 g/mol. The van der Waals surface area contributed by atoms with Gasteiger partial charge in [-0.25, -0.2) is 8.42 Å². The summed E-state index contributed by atoms with van der Waals surface area (Å²) in [5.74, 6) is -0.0517. The minimum atomic E-state index is -3.33. The second kappa shape index (κ2) is 7.35. The van der Waals surface area contributed by atoms with Crippen molar-refractivity contribution >= 4 is 33.3 Å². The van der Waals surface area contributed by atoms with Crippen molar-refractivity contribution in [1.82, 2.24) is 14.8 Å². The highest BCUT2D eigenvalue weighted by molar-refractivity contribution is 8.00. The van der Waals surface area contributed by atoms with E-state index in [1.165, 1.54) is 11.8 Å². The highest BCUT2D eigenvalue weighted by atomic mass is 32.2. The number of nitrogens with zero attached hydrogens (tertiary/aromatic N) is 3. The molecule has 1 N–H and O–H groups in total. The molecule has 9 heteroatoms. The molecule has 0 saturated carbocycles. The summed E-state index contributed by atoms with van der Waals surface area (Å²) in [4.78, 5) is 12.5. The quantitative estimate of drug-likeness (QED) is 0.596. The molecule has 24 heavy (non-hydrogen) atoms. The Bertz CT molecular complexity index is 813. The molecule has 0 bridgehead atoms. The Kier molecular flexibility index (Phi) is 5.66. The van der Waals surface area contributed by atoms with Gasteiger partial charge >= 0.3 is 0 Å². The molecular formula is C15H20N4O3S2. The van der Waals surface area contributed by atoms with Crippen molar-refractivity contribution < 1.29 is 13.2 Å². The lowest BCUT2D eigenvalue weighted by molar-refractivity contribution is 0.0994. The monoisotopic (exact) mass is 368 g/mol. The molecule has 0 spiro atoms. The largest absolute Gasteiger partial charge is 0.306 e. The summed E-state index contributed by atoms with van der Waals surface area (Å²) in [5, 5.41) is 8.31. The maximum atomic E-state index is 12.5. The average molecular weight is 368 g/mol. The van der Waals surface area contributed by atoms with Crippen molar-refractivity contribution in [2.45, 2.75) is 37.2 Å². The van der Waals surface area contributed by atoms with E-state index in [1.807, 2.05) is 25.3 Å². The van der Waals surface area contributed by atoms with Crippen LogP contribution in [0, 0.1) is 0 Å². The number of benzene rings is 1. The third-order valence-corrected chi connectivity index (χ3v) is 4.90. The Labute approximate surface area is 145 Å². The first-order valence-electron chi connectivity index (χ1n) is 7.35. The summed E-state index contributed by atoms with van der Waals surface area (Å²) < 4.78 is 26.7. The first-order valence-corrected chi connectivity index (χ1v) is 10.1. The predicted octanol–water partition coefficient (Wildman–Crippen LogP) is 2.59. The number of rotatable bonds is 7. The van der Waals surface area contributed by atoms with Crippen LogP contribution in [0.15, 0.2) is 35.7 Å². The van der Waals surface area contributed by atoms with Gasteiger partial charge in [0.05, 0.1) is 11.5 Å². The Morgan fingerprint density at radius 3 is 2.38 bits per heavy atom. The number of sulfonamides is 1. The topological polar surface area (TPSA) is 93.9 Å². The van der Waals surface area contributed by atoms with E-state index in [4.69, 9.17) is 0 Å². The Morgan fingerprint density at radius 2 is 1.83 bits per heavy atom. The molecule has 1 aromatic carbocycles. The van der Waals surface area contributed by atoms with Gasteiger partial charge in [0, 0.05) is 17.3 Å². The molecule has 0 aliphatic heterocycles. The van der Waals surface area contributed by atoms with Gasteiger partial charge in [0.1, 0.15) is 6.33 Å². The molecule has 0 aliphatic carbocycles. The van der Waals surface area contributed by atoms with Crippen LogP contribution >= 0.6 is 11.8 Å². The highest BCUT2D eigenvalue weighted by Gasteiger charge is 2.20. The van der Waals surface area contributed by atoms with Crippen molar-refractivity contribution in [3.8, 4) is 0 Å². The molecule has 0 amide bonds. The van der Waals surface area contributed by atoms with Crippen LogP contribution in [0.25, 0.3) is 0 Å². The molecule has 0 saturated heterocycles. The summed E-state index contributed by atoms with van der Waals surface area (Å²) in [6.45, 7) is 5.86. The molecule has 1 heterocycles. The fraction of sp³-hybridized carbons (Fsp3) is 0.400. The zero-order valence-corrected chi connectivity index (χ0v) is 15.6. The lowest BCUT2D eigenvalue weighted by Crippen LogP contribution is -2.15. The Morgan fingerprint density at radius 1 is 1.21 bits per heavy atom. The van der Waals surface area contributed by atoms with Crippen molar-refractivity contribution in [1.29, 1.82) is 0 Å². The van der Waals surface area contributed by atoms with E-state index in [2.05, 4.69) is 14.9 Å². The maximum Gasteiger partial charge on any atom is 0.229 e. The predicted molar refractivity (Wildman–Crippen MR) is 95.0 cm³/mol. The molecule has 1 atom stereocenters. The lowest BCUT2D eigenvalue weighted by Gasteiger charge is -2.13. The first kappa shape index (κ1) is 18.5. The van der Waals surface area contributed by atoms with Crippen molar-refractivity contribution in [3.63, 3.8) is 0 Å². The number of carbonyl (C=O) groups is 1. The van der Waals surface area contributed by atoms with Crippen LogP contribution < -0.4 is 4.72 Å². The number of nitrogens with one attached hydrogen (secondary N) is 1. The maximum absolute atomic E-state index is 12.5. The van der Waals surface area contributed by atoms with Crippen LogP contribution in [-0.2, 0) is 10.0 Å². The second-order valence-corrected chi connectivity index (χ2v) is 8.75. The van der Waals surface area contributed by atoms with Crippen LogP contribution in [0.5, 0.6) is 0 Å². The molecule has 130 valence electrons. The molecule has 0 aliphatic rings. The van der Waals surface area contributed by atoms with E-state index in [1.54, 1.807) is 30.6 Å². The van der Waals surface area contributed by atoms with Gasteiger partial charge < -0.3 is 4.57 Å². The van der Waals surface area contributed by atoms with E-state index in [0.29, 0.717) is 16.4 Å². The molecule has 7 nitrogen and oxygen atoms in total. The van der Waals surface area contributed by atoms with Crippen LogP contribution in [0.1, 0.15) is 37.2 Å². The molecule has 0 fully saturated rings. The zero-order valence-electron chi connectivity index (χ0n) is 13.9. The van der Waals surface area contributed by atoms with Gasteiger partial charge in [0.25, 0.3) is 0 Å². The zero-order chi connectivity index (χ0) is 17.9. The van der Waals surface area contributed by atoms with Crippen LogP contribution in [-0.4, -0.2) is 40.5 Å². The highest BCUT2D eigenvalue weighted by Crippen LogP contribution is 2.26. The third kappa shape index (κ3) is 4.81. The van der Waals surface area contributed by atoms with Crippen molar-refractivity contribution in [3.05, 3.63) is 36.2 Å². The first-order chi connectivity index (χ1) is 11.2. The number of hydrogen-bond donors (Lipinski definition) is 1. The smallest absolute Gasteiger partial charge is 0.229 e. The van der Waals surface area contributed by atoms with E-state index in [9.17, 15) is 13.2 Å². The van der Waals surface area contributed by atoms with Crippen LogP contribution in [0.2, 0.25) is 0 Å². The number of hydrogen-bond acceptors (Lipinski definition) is 6. The van der Waals surface area contributed by atoms with E-state index in [0.717, 1.165) is 6.26 Å². The number of ketones is 1. The van der Waals surface area contributed by atoms with E-state index < -0.39 is 10.0 Å². The number of carbonyl (C=O) groups excluding carboxylic acids is 1. The minimum Gasteiger partial charge on any atom is -0.306 e. The molecule has 2 aromatic rings. The standard InChI is InChI=1S/C15H20N4O3S2/c1-10(2)19-9-16-17-15(19)23-11(3)14(20)12-5-7-13(8-6-12)18-24(4,21)22/h5-11,18H,1-4H3. The summed E-state index contributed by atoms with van der Waals surface area (Å²) in [7, 11) is -3.33. The van der Waals surface area contributed by atoms with Crippen molar-refractivity contribution in [2.75, 3.05) is 11.0 Å². The SMILES string of the molecule is CC(Sc1nncn1C(C)C)C(=O)c1ccc(NS(C)(=O)=O)cc1. The normalized spacial score (nSPS) is 13.0.